The minimum absolute atomic E-state index is 0.00479. The van der Waals surface area contributed by atoms with Crippen LogP contribution in [-0.2, 0) is 11.2 Å². The average molecular weight is 412 g/mol. The molecule has 0 aliphatic heterocycles. The third-order valence-corrected chi connectivity index (χ3v) is 4.49. The van der Waals surface area contributed by atoms with E-state index in [-0.39, 0.29) is 24.3 Å². The molecule has 0 bridgehead atoms. The predicted octanol–water partition coefficient (Wildman–Crippen LogP) is 4.62. The van der Waals surface area contributed by atoms with Gasteiger partial charge in [-0.2, -0.15) is 0 Å². The molecule has 0 fully saturated rings. The van der Waals surface area contributed by atoms with E-state index >= 15 is 0 Å². The van der Waals surface area contributed by atoms with Gasteiger partial charge >= 0.3 is 0 Å². The molecule has 3 rings (SSSR count). The third-order valence-electron chi connectivity index (χ3n) is 4.16. The maximum Gasteiger partial charge on any atom is 0.251 e. The first kappa shape index (κ1) is 20.6. The second-order valence-corrected chi connectivity index (χ2v) is 7.34. The summed E-state index contributed by atoms with van der Waals surface area (Å²) in [5.41, 5.74) is 2.18. The monoisotopic (exact) mass is 411 g/mol. The number of carbonyl (C=O) groups excluding carboxylic acids is 2. The summed E-state index contributed by atoms with van der Waals surface area (Å²) >= 11 is 6.19. The lowest BCUT2D eigenvalue weighted by atomic mass is 10.1. The van der Waals surface area contributed by atoms with Gasteiger partial charge in [-0.1, -0.05) is 29.8 Å². The van der Waals surface area contributed by atoms with Crippen molar-refractivity contribution < 1.29 is 14.0 Å². The smallest absolute Gasteiger partial charge is 0.251 e. The number of aromatic nitrogens is 1. The van der Waals surface area contributed by atoms with Gasteiger partial charge in [0, 0.05) is 17.2 Å². The van der Waals surface area contributed by atoms with Crippen LogP contribution in [0.3, 0.4) is 0 Å². The molecule has 0 radical (unpaired) electrons. The second-order valence-electron chi connectivity index (χ2n) is 6.94. The number of nitrogens with zero attached hydrogens (tertiary/aromatic N) is 1. The Morgan fingerprint density at radius 2 is 1.86 bits per heavy atom. The van der Waals surface area contributed by atoms with Crippen molar-refractivity contribution in [1.29, 1.82) is 0 Å². The number of benzene rings is 2. The summed E-state index contributed by atoms with van der Waals surface area (Å²) in [6, 6.07) is 14.2. The van der Waals surface area contributed by atoms with Crippen molar-refractivity contribution in [1.82, 2.24) is 10.3 Å². The number of carbonyl (C=O) groups is 2. The maximum atomic E-state index is 12.5. The second kappa shape index (κ2) is 8.92. The number of rotatable bonds is 6. The molecule has 1 heterocycles. The Hall–Kier alpha value is -3.12. The summed E-state index contributed by atoms with van der Waals surface area (Å²) in [6.07, 6.45) is 0.0287. The van der Waals surface area contributed by atoms with Crippen molar-refractivity contribution in [2.24, 2.45) is 0 Å². The Kier molecular flexibility index (Phi) is 6.34. The molecule has 0 aliphatic carbocycles. The van der Waals surface area contributed by atoms with Gasteiger partial charge in [-0.3, -0.25) is 9.59 Å². The number of anilines is 1. The molecule has 0 saturated heterocycles. The fourth-order valence-electron chi connectivity index (χ4n) is 2.75. The van der Waals surface area contributed by atoms with E-state index in [9.17, 15) is 9.59 Å². The molecule has 0 atom stereocenters. The van der Waals surface area contributed by atoms with Crippen LogP contribution in [0.5, 0.6) is 0 Å². The number of oxazole rings is 1. The fraction of sp³-hybridized carbons (Fsp3) is 0.227. The van der Waals surface area contributed by atoms with Crippen molar-refractivity contribution in [3.63, 3.8) is 0 Å². The quantitative estimate of drug-likeness (QED) is 0.619. The zero-order chi connectivity index (χ0) is 21.0. The van der Waals surface area contributed by atoms with Gasteiger partial charge in [0.2, 0.25) is 11.8 Å². The van der Waals surface area contributed by atoms with Crippen LogP contribution in [0.1, 0.15) is 35.7 Å². The molecule has 7 heteroatoms. The molecule has 2 amide bonds. The molecule has 2 N–H and O–H groups in total. The zero-order valence-electron chi connectivity index (χ0n) is 16.5. The van der Waals surface area contributed by atoms with Gasteiger partial charge in [0.15, 0.2) is 0 Å². The number of aryl methyl sites for hydroxylation is 1. The first-order valence-corrected chi connectivity index (χ1v) is 9.63. The molecular formula is C22H22ClN3O3. The lowest BCUT2D eigenvalue weighted by Gasteiger charge is -2.11. The minimum atomic E-state index is -0.302. The predicted molar refractivity (Wildman–Crippen MR) is 113 cm³/mol. The van der Waals surface area contributed by atoms with Gasteiger partial charge in [-0.05, 0) is 51.1 Å². The SMILES string of the molecule is Cc1oc(-c2ccccc2)nc1CC(=O)Nc1cc(C(=O)NC(C)C)ccc1Cl. The molecule has 29 heavy (non-hydrogen) atoms. The molecule has 0 saturated carbocycles. The zero-order valence-corrected chi connectivity index (χ0v) is 17.2. The lowest BCUT2D eigenvalue weighted by molar-refractivity contribution is -0.115. The van der Waals surface area contributed by atoms with E-state index < -0.39 is 0 Å². The van der Waals surface area contributed by atoms with E-state index in [0.29, 0.717) is 33.6 Å². The Labute approximate surface area is 174 Å². The summed E-state index contributed by atoms with van der Waals surface area (Å²) in [7, 11) is 0. The first-order chi connectivity index (χ1) is 13.8. The Morgan fingerprint density at radius 3 is 2.55 bits per heavy atom. The molecule has 6 nitrogen and oxygen atoms in total. The standard InChI is InChI=1S/C22H22ClN3O3/c1-13(2)24-21(28)16-9-10-17(23)19(11-16)25-20(27)12-18-14(3)29-22(26-18)15-7-5-4-6-8-15/h4-11,13H,12H2,1-3H3,(H,24,28)(H,25,27). The Morgan fingerprint density at radius 1 is 1.14 bits per heavy atom. The van der Waals surface area contributed by atoms with Gasteiger partial charge < -0.3 is 15.1 Å². The summed E-state index contributed by atoms with van der Waals surface area (Å²) in [5, 5.41) is 5.91. The highest BCUT2D eigenvalue weighted by Gasteiger charge is 2.16. The van der Waals surface area contributed by atoms with E-state index in [4.69, 9.17) is 16.0 Å². The van der Waals surface area contributed by atoms with Crippen LogP contribution in [-0.4, -0.2) is 22.8 Å². The van der Waals surface area contributed by atoms with Gasteiger partial charge in [0.25, 0.3) is 5.91 Å². The van der Waals surface area contributed by atoms with E-state index in [2.05, 4.69) is 15.6 Å². The molecule has 2 aromatic carbocycles. The van der Waals surface area contributed by atoms with Gasteiger partial charge in [-0.25, -0.2) is 4.98 Å². The molecule has 0 aliphatic rings. The fourth-order valence-corrected chi connectivity index (χ4v) is 2.92. The van der Waals surface area contributed by atoms with Crippen LogP contribution >= 0.6 is 11.6 Å². The van der Waals surface area contributed by atoms with E-state index in [1.54, 1.807) is 25.1 Å². The number of halogens is 1. The molecule has 150 valence electrons. The average Bonchev–Trinajstić information content (AvgIpc) is 3.04. The van der Waals surface area contributed by atoms with Gasteiger partial charge in [-0.15, -0.1) is 0 Å². The minimum Gasteiger partial charge on any atom is -0.441 e. The summed E-state index contributed by atoms with van der Waals surface area (Å²) < 4.78 is 5.69. The highest BCUT2D eigenvalue weighted by atomic mass is 35.5. The van der Waals surface area contributed by atoms with Gasteiger partial charge in [0.1, 0.15) is 5.76 Å². The van der Waals surface area contributed by atoms with E-state index in [1.807, 2.05) is 44.2 Å². The highest BCUT2D eigenvalue weighted by Crippen LogP contribution is 2.25. The third kappa shape index (κ3) is 5.23. The topological polar surface area (TPSA) is 84.2 Å². The van der Waals surface area contributed by atoms with E-state index in [1.165, 1.54) is 0 Å². The van der Waals surface area contributed by atoms with Crippen LogP contribution in [0, 0.1) is 6.92 Å². The summed E-state index contributed by atoms with van der Waals surface area (Å²) in [5.74, 6) is 0.516. The Bertz CT molecular complexity index is 1030. The Balaban J connectivity index is 1.73. The van der Waals surface area contributed by atoms with Crippen molar-refractivity contribution in [3.05, 3.63) is 70.6 Å². The van der Waals surface area contributed by atoms with Gasteiger partial charge in [0.05, 0.1) is 22.8 Å². The molecule has 0 unspecified atom stereocenters. The van der Waals surface area contributed by atoms with Crippen LogP contribution in [0.2, 0.25) is 5.02 Å². The maximum absolute atomic E-state index is 12.5. The molecule has 3 aromatic rings. The van der Waals surface area contributed by atoms with Crippen LogP contribution in [0.4, 0.5) is 5.69 Å². The van der Waals surface area contributed by atoms with Crippen molar-refractivity contribution >= 4 is 29.1 Å². The number of hydrogen-bond donors (Lipinski definition) is 2. The van der Waals surface area contributed by atoms with Crippen molar-refractivity contribution in [2.45, 2.75) is 33.2 Å². The lowest BCUT2D eigenvalue weighted by Crippen LogP contribution is -2.30. The number of amides is 2. The van der Waals surface area contributed by atoms with Crippen molar-refractivity contribution in [3.8, 4) is 11.5 Å². The molecule has 0 spiro atoms. The molecular weight excluding hydrogens is 390 g/mol. The number of nitrogens with one attached hydrogen (secondary N) is 2. The first-order valence-electron chi connectivity index (χ1n) is 9.25. The largest absolute Gasteiger partial charge is 0.441 e. The van der Waals surface area contributed by atoms with Crippen LogP contribution < -0.4 is 10.6 Å². The summed E-state index contributed by atoms with van der Waals surface area (Å²) in [6.45, 7) is 5.52. The van der Waals surface area contributed by atoms with Crippen LogP contribution in [0.15, 0.2) is 52.9 Å². The number of hydrogen-bond acceptors (Lipinski definition) is 4. The van der Waals surface area contributed by atoms with E-state index in [0.717, 1.165) is 5.56 Å². The normalized spacial score (nSPS) is 10.8. The molecule has 1 aromatic heterocycles. The summed E-state index contributed by atoms with van der Waals surface area (Å²) in [4.78, 5) is 29.2. The van der Waals surface area contributed by atoms with Crippen LogP contribution in [0.25, 0.3) is 11.5 Å². The highest BCUT2D eigenvalue weighted by molar-refractivity contribution is 6.33. The van der Waals surface area contributed by atoms with Crippen molar-refractivity contribution in [2.75, 3.05) is 5.32 Å².